The van der Waals surface area contributed by atoms with Gasteiger partial charge in [0.05, 0.1) is 5.60 Å². The first-order valence-electron chi connectivity index (χ1n) is 7.69. The number of aryl methyl sites for hydroxylation is 1. The van der Waals surface area contributed by atoms with Gasteiger partial charge in [0.1, 0.15) is 0 Å². The lowest BCUT2D eigenvalue weighted by molar-refractivity contribution is 0.0193. The van der Waals surface area contributed by atoms with Crippen LogP contribution in [-0.4, -0.2) is 19.8 Å². The standard InChI is InChI=1S/C18H20O2S/c1-12-6-7-13-4-2-3-5-16(13)17(12)18(19)10-14-8-9-15(11-18)21(14)20/h2-7,14-15,19H,8-11H2,1H3. The van der Waals surface area contributed by atoms with Gasteiger partial charge in [-0.2, -0.15) is 0 Å². The van der Waals surface area contributed by atoms with Gasteiger partial charge in [0, 0.05) is 21.3 Å². The van der Waals surface area contributed by atoms with E-state index in [4.69, 9.17) is 0 Å². The average Bonchev–Trinajstić information content (AvgIpc) is 2.70. The Hall–Kier alpha value is -1.19. The molecule has 0 spiro atoms. The second-order valence-corrected chi connectivity index (χ2v) is 8.56. The third-order valence-electron chi connectivity index (χ3n) is 5.20. The highest BCUT2D eigenvalue weighted by Gasteiger charge is 2.49. The highest BCUT2D eigenvalue weighted by atomic mass is 32.2. The molecule has 2 aromatic carbocycles. The Morgan fingerprint density at radius 2 is 1.76 bits per heavy atom. The van der Waals surface area contributed by atoms with Crippen LogP contribution in [0.25, 0.3) is 10.8 Å². The molecular formula is C18H20O2S. The Labute approximate surface area is 127 Å². The molecule has 110 valence electrons. The van der Waals surface area contributed by atoms with E-state index >= 15 is 0 Å². The second-order valence-electron chi connectivity index (χ2n) is 6.57. The molecule has 0 radical (unpaired) electrons. The monoisotopic (exact) mass is 300 g/mol. The van der Waals surface area contributed by atoms with E-state index in [0.717, 1.165) is 29.4 Å². The molecule has 2 nitrogen and oxygen atoms in total. The second kappa shape index (κ2) is 4.65. The quantitative estimate of drug-likeness (QED) is 0.876. The first kappa shape index (κ1) is 13.5. The molecule has 0 aromatic heterocycles. The summed E-state index contributed by atoms with van der Waals surface area (Å²) in [6.07, 6.45) is 3.29. The Bertz CT molecular complexity index is 721. The molecule has 4 rings (SSSR count). The highest BCUT2D eigenvalue weighted by molar-refractivity contribution is 7.86. The van der Waals surface area contributed by atoms with Crippen molar-refractivity contribution < 1.29 is 9.32 Å². The molecule has 2 bridgehead atoms. The van der Waals surface area contributed by atoms with Crippen molar-refractivity contribution in [2.24, 2.45) is 0 Å². The lowest BCUT2D eigenvalue weighted by Gasteiger charge is -2.38. The van der Waals surface area contributed by atoms with E-state index in [-0.39, 0.29) is 10.5 Å². The maximum absolute atomic E-state index is 12.3. The van der Waals surface area contributed by atoms with E-state index in [1.54, 1.807) is 0 Å². The normalized spacial score (nSPS) is 35.2. The number of rotatable bonds is 1. The number of hydrogen-bond acceptors (Lipinski definition) is 2. The predicted octanol–water partition coefficient (Wildman–Crippen LogP) is 3.41. The fourth-order valence-corrected chi connectivity index (χ4v) is 6.44. The minimum absolute atomic E-state index is 0.173. The molecule has 2 heterocycles. The highest BCUT2D eigenvalue weighted by Crippen LogP contribution is 2.48. The van der Waals surface area contributed by atoms with Crippen LogP contribution in [0.5, 0.6) is 0 Å². The summed E-state index contributed by atoms with van der Waals surface area (Å²) in [5.41, 5.74) is 1.39. The van der Waals surface area contributed by atoms with Gasteiger partial charge in [-0.3, -0.25) is 4.21 Å². The van der Waals surface area contributed by atoms with Crippen molar-refractivity contribution in [2.45, 2.75) is 48.7 Å². The Morgan fingerprint density at radius 1 is 1.10 bits per heavy atom. The first-order chi connectivity index (χ1) is 10.1. The van der Waals surface area contributed by atoms with Gasteiger partial charge in [-0.1, -0.05) is 36.4 Å². The van der Waals surface area contributed by atoms with Crippen LogP contribution in [0.4, 0.5) is 0 Å². The molecule has 21 heavy (non-hydrogen) atoms. The summed E-state index contributed by atoms with van der Waals surface area (Å²) >= 11 is 0. The zero-order valence-electron chi connectivity index (χ0n) is 12.2. The van der Waals surface area contributed by atoms with Gasteiger partial charge in [0.15, 0.2) is 0 Å². The van der Waals surface area contributed by atoms with Crippen LogP contribution in [0.1, 0.15) is 36.8 Å². The largest absolute Gasteiger partial charge is 0.385 e. The van der Waals surface area contributed by atoms with Crippen molar-refractivity contribution >= 4 is 21.6 Å². The molecule has 2 saturated heterocycles. The minimum Gasteiger partial charge on any atom is -0.385 e. The molecule has 0 amide bonds. The predicted molar refractivity (Wildman–Crippen MR) is 86.8 cm³/mol. The van der Waals surface area contributed by atoms with Crippen molar-refractivity contribution in [2.75, 3.05) is 0 Å². The van der Waals surface area contributed by atoms with E-state index < -0.39 is 16.4 Å². The number of benzene rings is 2. The maximum Gasteiger partial charge on any atom is 0.0928 e. The summed E-state index contributed by atoms with van der Waals surface area (Å²) in [4.78, 5) is 0. The average molecular weight is 300 g/mol. The van der Waals surface area contributed by atoms with Gasteiger partial charge in [-0.25, -0.2) is 0 Å². The van der Waals surface area contributed by atoms with E-state index in [2.05, 4.69) is 31.2 Å². The Kier molecular flexibility index (Phi) is 2.98. The van der Waals surface area contributed by atoms with Crippen LogP contribution in [0, 0.1) is 6.92 Å². The van der Waals surface area contributed by atoms with Crippen molar-refractivity contribution in [3.63, 3.8) is 0 Å². The SMILES string of the molecule is Cc1ccc2ccccc2c1C1(O)CC2CCC(C1)S2=O. The smallest absolute Gasteiger partial charge is 0.0928 e. The Balaban J connectivity index is 1.90. The fraction of sp³-hybridized carbons (Fsp3) is 0.444. The van der Waals surface area contributed by atoms with Gasteiger partial charge >= 0.3 is 0 Å². The van der Waals surface area contributed by atoms with Gasteiger partial charge in [-0.15, -0.1) is 0 Å². The van der Waals surface area contributed by atoms with Crippen molar-refractivity contribution in [3.8, 4) is 0 Å². The van der Waals surface area contributed by atoms with Crippen LogP contribution in [0.2, 0.25) is 0 Å². The first-order valence-corrected chi connectivity index (χ1v) is 8.97. The summed E-state index contributed by atoms with van der Waals surface area (Å²) < 4.78 is 12.3. The summed E-state index contributed by atoms with van der Waals surface area (Å²) in [7, 11) is -0.739. The van der Waals surface area contributed by atoms with Gasteiger partial charge in [0.2, 0.25) is 0 Å². The van der Waals surface area contributed by atoms with Crippen molar-refractivity contribution in [1.29, 1.82) is 0 Å². The molecule has 0 aliphatic carbocycles. The Morgan fingerprint density at radius 3 is 2.48 bits per heavy atom. The van der Waals surface area contributed by atoms with E-state index in [1.165, 1.54) is 5.39 Å². The third-order valence-corrected chi connectivity index (χ3v) is 7.32. The molecule has 2 aliphatic rings. The van der Waals surface area contributed by atoms with E-state index in [0.29, 0.717) is 12.8 Å². The van der Waals surface area contributed by atoms with E-state index in [1.807, 2.05) is 12.1 Å². The molecule has 2 aliphatic heterocycles. The minimum atomic E-state index is -0.815. The zero-order valence-corrected chi connectivity index (χ0v) is 13.0. The molecule has 2 unspecified atom stereocenters. The molecule has 0 saturated carbocycles. The third kappa shape index (κ3) is 1.98. The number of fused-ring (bicyclic) bond motifs is 3. The molecule has 2 aromatic rings. The maximum atomic E-state index is 12.3. The van der Waals surface area contributed by atoms with Crippen LogP contribution < -0.4 is 0 Å². The summed E-state index contributed by atoms with van der Waals surface area (Å²) in [6.45, 7) is 2.08. The molecule has 1 N–H and O–H groups in total. The molecule has 2 fully saturated rings. The molecular weight excluding hydrogens is 280 g/mol. The van der Waals surface area contributed by atoms with Gasteiger partial charge in [0.25, 0.3) is 0 Å². The van der Waals surface area contributed by atoms with Crippen LogP contribution in [-0.2, 0) is 16.4 Å². The molecule has 2 atom stereocenters. The summed E-state index contributed by atoms with van der Waals surface area (Å²) in [6, 6.07) is 12.5. The zero-order chi connectivity index (χ0) is 14.6. The topological polar surface area (TPSA) is 37.3 Å². The van der Waals surface area contributed by atoms with Crippen LogP contribution in [0.15, 0.2) is 36.4 Å². The summed E-state index contributed by atoms with van der Waals surface area (Å²) in [5.74, 6) is 0. The lowest BCUT2D eigenvalue weighted by atomic mass is 9.80. The van der Waals surface area contributed by atoms with Crippen molar-refractivity contribution in [1.82, 2.24) is 0 Å². The number of aliphatic hydroxyl groups is 1. The molecule has 3 heteroatoms. The van der Waals surface area contributed by atoms with Crippen molar-refractivity contribution in [3.05, 3.63) is 47.5 Å². The summed E-state index contributed by atoms with van der Waals surface area (Å²) in [5, 5.41) is 14.0. The lowest BCUT2D eigenvalue weighted by Crippen LogP contribution is -2.40. The van der Waals surface area contributed by atoms with Gasteiger partial charge < -0.3 is 5.11 Å². The van der Waals surface area contributed by atoms with Gasteiger partial charge in [-0.05, 0) is 54.5 Å². The number of hydrogen-bond donors (Lipinski definition) is 1. The fourth-order valence-electron chi connectivity index (χ4n) is 4.28. The van der Waals surface area contributed by atoms with Crippen LogP contribution in [0.3, 0.4) is 0 Å². The van der Waals surface area contributed by atoms with E-state index in [9.17, 15) is 9.32 Å². The van der Waals surface area contributed by atoms with Crippen LogP contribution >= 0.6 is 0 Å².